The number of aromatic nitrogens is 1. The van der Waals surface area contributed by atoms with Gasteiger partial charge in [-0.15, -0.1) is 11.3 Å². The first-order chi connectivity index (χ1) is 10.8. The number of rotatable bonds is 2. The van der Waals surface area contributed by atoms with Crippen molar-refractivity contribution in [3.8, 4) is 11.3 Å². The zero-order valence-corrected chi connectivity index (χ0v) is 12.2. The summed E-state index contributed by atoms with van der Waals surface area (Å²) >= 11 is 1.53. The van der Waals surface area contributed by atoms with E-state index in [1.807, 2.05) is 17.5 Å². The fourth-order valence-electron chi connectivity index (χ4n) is 2.56. The Bertz CT molecular complexity index is 835. The summed E-state index contributed by atoms with van der Waals surface area (Å²) in [6.07, 6.45) is 0. The standard InChI is InChI=1S/C17H10N2O2S/c20-16-13-3-1-2-4-14(13)17(21)19(16)12-7-5-11(6-8-12)15-9-22-10-18-15/h1-10H. The second kappa shape index (κ2) is 4.89. The molecular formula is C17H10N2O2S. The lowest BCUT2D eigenvalue weighted by Gasteiger charge is -2.14. The minimum atomic E-state index is -0.276. The number of nitrogens with zero attached hydrogens (tertiary/aromatic N) is 2. The molecule has 5 heteroatoms. The van der Waals surface area contributed by atoms with E-state index in [0.29, 0.717) is 16.8 Å². The van der Waals surface area contributed by atoms with E-state index in [9.17, 15) is 9.59 Å². The first-order valence-corrected chi connectivity index (χ1v) is 7.66. The van der Waals surface area contributed by atoms with Crippen LogP contribution in [0.4, 0.5) is 5.69 Å². The smallest absolute Gasteiger partial charge is 0.266 e. The zero-order chi connectivity index (χ0) is 15.1. The van der Waals surface area contributed by atoms with Gasteiger partial charge in [-0.25, -0.2) is 9.88 Å². The molecule has 1 aromatic heterocycles. The van der Waals surface area contributed by atoms with E-state index in [-0.39, 0.29) is 11.8 Å². The van der Waals surface area contributed by atoms with Crippen LogP contribution in [0.15, 0.2) is 59.4 Å². The van der Waals surface area contributed by atoms with E-state index in [4.69, 9.17) is 0 Å². The molecule has 0 N–H and O–H groups in total. The quantitative estimate of drug-likeness (QED) is 0.680. The van der Waals surface area contributed by atoms with Crippen LogP contribution >= 0.6 is 11.3 Å². The summed E-state index contributed by atoms with van der Waals surface area (Å²) in [4.78, 5) is 30.3. The molecule has 0 saturated carbocycles. The van der Waals surface area contributed by atoms with Crippen molar-refractivity contribution in [2.45, 2.75) is 0 Å². The molecule has 0 aliphatic carbocycles. The van der Waals surface area contributed by atoms with Crippen molar-refractivity contribution in [1.29, 1.82) is 0 Å². The SMILES string of the molecule is O=C1c2ccccc2C(=O)N1c1ccc(-c2cscn2)cc1. The van der Waals surface area contributed by atoms with Gasteiger partial charge in [0.2, 0.25) is 0 Å². The van der Waals surface area contributed by atoms with Gasteiger partial charge in [-0.2, -0.15) is 0 Å². The Morgan fingerprint density at radius 2 is 1.50 bits per heavy atom. The summed E-state index contributed by atoms with van der Waals surface area (Å²) in [5.74, 6) is -0.552. The van der Waals surface area contributed by atoms with Crippen molar-refractivity contribution in [1.82, 2.24) is 4.98 Å². The van der Waals surface area contributed by atoms with Crippen LogP contribution in [0.25, 0.3) is 11.3 Å². The molecule has 1 aliphatic rings. The number of hydrogen-bond acceptors (Lipinski definition) is 4. The molecule has 2 aromatic carbocycles. The molecular weight excluding hydrogens is 296 g/mol. The Kier molecular flexibility index (Phi) is 2.87. The highest BCUT2D eigenvalue weighted by Gasteiger charge is 2.36. The molecule has 2 heterocycles. The highest BCUT2D eigenvalue weighted by atomic mass is 32.1. The van der Waals surface area contributed by atoms with Crippen molar-refractivity contribution >= 4 is 28.8 Å². The number of benzene rings is 2. The van der Waals surface area contributed by atoms with Crippen LogP contribution < -0.4 is 4.90 Å². The molecule has 0 spiro atoms. The summed E-state index contributed by atoms with van der Waals surface area (Å²) in [5, 5.41) is 1.96. The first-order valence-electron chi connectivity index (χ1n) is 6.72. The number of amides is 2. The van der Waals surface area contributed by atoms with Crippen LogP contribution in [-0.2, 0) is 0 Å². The summed E-state index contributed by atoms with van der Waals surface area (Å²) in [5.41, 5.74) is 5.10. The highest BCUT2D eigenvalue weighted by molar-refractivity contribution is 7.07. The summed E-state index contributed by atoms with van der Waals surface area (Å²) in [6.45, 7) is 0. The van der Waals surface area contributed by atoms with Crippen LogP contribution in [0.2, 0.25) is 0 Å². The molecule has 4 nitrogen and oxygen atoms in total. The Labute approximate surface area is 130 Å². The van der Waals surface area contributed by atoms with Gasteiger partial charge >= 0.3 is 0 Å². The summed E-state index contributed by atoms with van der Waals surface area (Å²) in [7, 11) is 0. The number of fused-ring (bicyclic) bond motifs is 1. The van der Waals surface area contributed by atoms with Crippen LogP contribution in [0.1, 0.15) is 20.7 Å². The number of imide groups is 1. The molecule has 1 aliphatic heterocycles. The maximum atomic E-state index is 12.4. The molecule has 106 valence electrons. The Morgan fingerprint density at radius 1 is 0.864 bits per heavy atom. The average molecular weight is 306 g/mol. The van der Waals surface area contributed by atoms with Crippen molar-refractivity contribution in [2.24, 2.45) is 0 Å². The summed E-state index contributed by atoms with van der Waals surface area (Å²) < 4.78 is 0. The molecule has 0 atom stereocenters. The lowest BCUT2D eigenvalue weighted by molar-refractivity contribution is 0.0926. The Balaban J connectivity index is 1.72. The number of anilines is 1. The predicted octanol–water partition coefficient (Wildman–Crippen LogP) is 3.61. The van der Waals surface area contributed by atoms with Crippen LogP contribution in [0.5, 0.6) is 0 Å². The average Bonchev–Trinajstić information content (AvgIpc) is 3.17. The van der Waals surface area contributed by atoms with E-state index in [2.05, 4.69) is 4.98 Å². The van der Waals surface area contributed by atoms with Gasteiger partial charge in [0.1, 0.15) is 0 Å². The monoisotopic (exact) mass is 306 g/mol. The first kappa shape index (κ1) is 12.9. The Hall–Kier alpha value is -2.79. The topological polar surface area (TPSA) is 50.3 Å². The van der Waals surface area contributed by atoms with Gasteiger partial charge in [0.15, 0.2) is 0 Å². The van der Waals surface area contributed by atoms with E-state index in [1.54, 1.807) is 41.9 Å². The van der Waals surface area contributed by atoms with Gasteiger partial charge in [0.25, 0.3) is 11.8 Å². The fourth-order valence-corrected chi connectivity index (χ4v) is 3.12. The normalized spacial score (nSPS) is 13.5. The molecule has 3 aromatic rings. The van der Waals surface area contributed by atoms with Gasteiger partial charge in [0, 0.05) is 10.9 Å². The lowest BCUT2D eigenvalue weighted by Crippen LogP contribution is -2.29. The third kappa shape index (κ3) is 1.87. The highest BCUT2D eigenvalue weighted by Crippen LogP contribution is 2.29. The van der Waals surface area contributed by atoms with Crippen LogP contribution in [0.3, 0.4) is 0 Å². The molecule has 0 fully saturated rings. The molecule has 4 rings (SSSR count). The molecule has 0 bridgehead atoms. The number of thiazole rings is 1. The maximum Gasteiger partial charge on any atom is 0.266 e. The van der Waals surface area contributed by atoms with Gasteiger partial charge in [-0.1, -0.05) is 24.3 Å². The minimum absolute atomic E-state index is 0.276. The molecule has 0 saturated heterocycles. The third-order valence-corrected chi connectivity index (χ3v) is 4.23. The maximum absolute atomic E-state index is 12.4. The van der Waals surface area contributed by atoms with Crippen LogP contribution in [-0.4, -0.2) is 16.8 Å². The zero-order valence-electron chi connectivity index (χ0n) is 11.4. The Morgan fingerprint density at radius 3 is 2.05 bits per heavy atom. The largest absolute Gasteiger partial charge is 0.268 e. The molecule has 0 radical (unpaired) electrons. The van der Waals surface area contributed by atoms with Crippen molar-refractivity contribution in [3.63, 3.8) is 0 Å². The molecule has 2 amide bonds. The van der Waals surface area contributed by atoms with Gasteiger partial charge in [0.05, 0.1) is 28.0 Å². The van der Waals surface area contributed by atoms with Crippen molar-refractivity contribution in [2.75, 3.05) is 4.90 Å². The van der Waals surface area contributed by atoms with Crippen LogP contribution in [0, 0.1) is 0 Å². The predicted molar refractivity (Wildman–Crippen MR) is 85.1 cm³/mol. The lowest BCUT2D eigenvalue weighted by atomic mass is 10.1. The fraction of sp³-hybridized carbons (Fsp3) is 0. The van der Waals surface area contributed by atoms with Gasteiger partial charge in [-0.3, -0.25) is 9.59 Å². The number of carbonyl (C=O) groups is 2. The number of hydrogen-bond donors (Lipinski definition) is 0. The van der Waals surface area contributed by atoms with Crippen molar-refractivity contribution < 1.29 is 9.59 Å². The molecule has 22 heavy (non-hydrogen) atoms. The second-order valence-corrected chi connectivity index (χ2v) is 5.63. The number of carbonyl (C=O) groups excluding carboxylic acids is 2. The van der Waals surface area contributed by atoms with Gasteiger partial charge in [-0.05, 0) is 24.3 Å². The van der Waals surface area contributed by atoms with E-state index < -0.39 is 0 Å². The van der Waals surface area contributed by atoms with E-state index in [1.165, 1.54) is 16.2 Å². The van der Waals surface area contributed by atoms with Crippen molar-refractivity contribution in [3.05, 3.63) is 70.5 Å². The minimum Gasteiger partial charge on any atom is -0.268 e. The van der Waals surface area contributed by atoms with Gasteiger partial charge < -0.3 is 0 Å². The van der Waals surface area contributed by atoms with E-state index >= 15 is 0 Å². The molecule has 0 unspecified atom stereocenters. The summed E-state index contributed by atoms with van der Waals surface area (Å²) in [6, 6.07) is 14.2. The third-order valence-electron chi connectivity index (χ3n) is 3.65. The second-order valence-electron chi connectivity index (χ2n) is 4.91. The van der Waals surface area contributed by atoms with E-state index in [0.717, 1.165) is 11.3 Å².